The summed E-state index contributed by atoms with van der Waals surface area (Å²) in [7, 11) is 0. The van der Waals surface area contributed by atoms with Crippen LogP contribution in [0.5, 0.6) is 5.75 Å². The maximum atomic E-state index is 12.7. The third-order valence-electron chi connectivity index (χ3n) is 2.61. The number of benzene rings is 1. The first-order valence-corrected chi connectivity index (χ1v) is 7.31. The summed E-state index contributed by atoms with van der Waals surface area (Å²) >= 11 is 1.10. The molecule has 0 atom stereocenters. The SMILES string of the molecule is CCCOc1ccc(C(F)(F)F)cc1CCCSC#N. The fourth-order valence-corrected chi connectivity index (χ4v) is 2.06. The van der Waals surface area contributed by atoms with Crippen LogP contribution in [0.3, 0.4) is 0 Å². The van der Waals surface area contributed by atoms with Crippen molar-refractivity contribution in [3.05, 3.63) is 29.3 Å². The first-order chi connectivity index (χ1) is 9.49. The van der Waals surface area contributed by atoms with E-state index in [0.717, 1.165) is 30.3 Å². The van der Waals surface area contributed by atoms with E-state index in [1.54, 1.807) is 0 Å². The lowest BCUT2D eigenvalue weighted by Crippen LogP contribution is -2.07. The van der Waals surface area contributed by atoms with Gasteiger partial charge in [0.15, 0.2) is 0 Å². The number of halogens is 3. The summed E-state index contributed by atoms with van der Waals surface area (Å²) in [6, 6.07) is 3.56. The third-order valence-corrected chi connectivity index (χ3v) is 3.23. The molecule has 0 saturated carbocycles. The Bertz CT molecular complexity index is 468. The highest BCUT2D eigenvalue weighted by Crippen LogP contribution is 2.33. The van der Waals surface area contributed by atoms with Gasteiger partial charge in [-0.1, -0.05) is 6.92 Å². The summed E-state index contributed by atoms with van der Waals surface area (Å²) < 4.78 is 43.6. The Labute approximate surface area is 120 Å². The average Bonchev–Trinajstić information content (AvgIpc) is 2.41. The summed E-state index contributed by atoms with van der Waals surface area (Å²) in [4.78, 5) is 0. The van der Waals surface area contributed by atoms with E-state index in [2.05, 4.69) is 0 Å². The van der Waals surface area contributed by atoms with Crippen molar-refractivity contribution in [2.24, 2.45) is 0 Å². The smallest absolute Gasteiger partial charge is 0.416 e. The molecular formula is C14H16F3NOS. The lowest BCUT2D eigenvalue weighted by Gasteiger charge is -2.14. The minimum atomic E-state index is -4.35. The first-order valence-electron chi connectivity index (χ1n) is 6.32. The molecule has 0 amide bonds. The van der Waals surface area contributed by atoms with Crippen molar-refractivity contribution in [1.29, 1.82) is 5.26 Å². The molecule has 6 heteroatoms. The standard InChI is InChI=1S/C14H16F3NOS/c1-2-7-19-13-6-5-12(14(15,16)17)9-11(13)4-3-8-20-10-18/h5-6,9H,2-4,7-8H2,1H3. The van der Waals surface area contributed by atoms with Gasteiger partial charge in [-0.05, 0) is 54.8 Å². The molecule has 0 aliphatic heterocycles. The highest BCUT2D eigenvalue weighted by molar-refractivity contribution is 8.03. The van der Waals surface area contributed by atoms with Crippen LogP contribution >= 0.6 is 11.8 Å². The summed E-state index contributed by atoms with van der Waals surface area (Å²) in [5.74, 6) is 1.10. The molecule has 0 saturated heterocycles. The number of rotatable bonds is 7. The van der Waals surface area contributed by atoms with Gasteiger partial charge in [0.25, 0.3) is 0 Å². The second kappa shape index (κ2) is 8.05. The van der Waals surface area contributed by atoms with Gasteiger partial charge in [-0.15, -0.1) is 0 Å². The molecule has 0 fully saturated rings. The minimum absolute atomic E-state index is 0.470. The molecule has 1 aromatic rings. The number of thiocyanates is 1. The van der Waals surface area contributed by atoms with E-state index < -0.39 is 11.7 Å². The van der Waals surface area contributed by atoms with Crippen molar-refractivity contribution in [2.75, 3.05) is 12.4 Å². The lowest BCUT2D eigenvalue weighted by atomic mass is 10.1. The molecule has 0 bridgehead atoms. The summed E-state index contributed by atoms with van der Waals surface area (Å²) in [5.41, 5.74) is -0.115. The largest absolute Gasteiger partial charge is 0.493 e. The Morgan fingerprint density at radius 1 is 1.35 bits per heavy atom. The third kappa shape index (κ3) is 5.33. The molecule has 0 unspecified atom stereocenters. The number of nitrogens with zero attached hydrogens (tertiary/aromatic N) is 1. The van der Waals surface area contributed by atoms with Gasteiger partial charge in [0.1, 0.15) is 11.2 Å². The van der Waals surface area contributed by atoms with Crippen LogP contribution in [0, 0.1) is 10.7 Å². The van der Waals surface area contributed by atoms with Crippen LogP contribution in [0.1, 0.15) is 30.9 Å². The minimum Gasteiger partial charge on any atom is -0.493 e. The van der Waals surface area contributed by atoms with Gasteiger partial charge < -0.3 is 4.74 Å². The zero-order chi connectivity index (χ0) is 15.0. The molecule has 0 aromatic heterocycles. The molecule has 0 heterocycles. The van der Waals surface area contributed by atoms with Crippen molar-refractivity contribution in [3.63, 3.8) is 0 Å². The molecule has 20 heavy (non-hydrogen) atoms. The monoisotopic (exact) mass is 303 g/mol. The molecule has 0 aliphatic rings. The predicted octanol–water partition coefficient (Wildman–Crippen LogP) is 4.64. The Morgan fingerprint density at radius 3 is 2.70 bits per heavy atom. The lowest BCUT2D eigenvalue weighted by molar-refractivity contribution is -0.137. The Balaban J connectivity index is 2.85. The number of ether oxygens (including phenoxy) is 1. The van der Waals surface area contributed by atoms with Gasteiger partial charge in [0.05, 0.1) is 12.2 Å². The molecular weight excluding hydrogens is 287 g/mol. The van der Waals surface area contributed by atoms with Crippen molar-refractivity contribution in [1.82, 2.24) is 0 Å². The van der Waals surface area contributed by atoms with Gasteiger partial charge in [0, 0.05) is 5.75 Å². The quantitative estimate of drug-likeness (QED) is 0.543. The zero-order valence-corrected chi connectivity index (χ0v) is 12.0. The van der Waals surface area contributed by atoms with Crippen LogP contribution in [-0.2, 0) is 12.6 Å². The highest BCUT2D eigenvalue weighted by atomic mass is 32.2. The highest BCUT2D eigenvalue weighted by Gasteiger charge is 2.31. The summed E-state index contributed by atoms with van der Waals surface area (Å²) in [5, 5.41) is 10.4. The number of alkyl halides is 3. The summed E-state index contributed by atoms with van der Waals surface area (Å²) in [6.45, 7) is 2.42. The van der Waals surface area contributed by atoms with Gasteiger partial charge in [-0.2, -0.15) is 18.4 Å². The Kier molecular flexibility index (Phi) is 6.73. The van der Waals surface area contributed by atoms with Gasteiger partial charge in [-0.25, -0.2) is 0 Å². The molecule has 0 aliphatic carbocycles. The average molecular weight is 303 g/mol. The fourth-order valence-electron chi connectivity index (χ4n) is 1.68. The number of thioether (sulfide) groups is 1. The second-order valence-corrected chi connectivity index (χ2v) is 5.09. The van der Waals surface area contributed by atoms with Crippen LogP contribution in [0.15, 0.2) is 18.2 Å². The normalized spacial score (nSPS) is 11.2. The summed E-state index contributed by atoms with van der Waals surface area (Å²) in [6.07, 6.45) is -2.44. The van der Waals surface area contributed by atoms with Crippen molar-refractivity contribution < 1.29 is 17.9 Å². The molecule has 1 aromatic carbocycles. The number of aryl methyl sites for hydroxylation is 1. The van der Waals surface area contributed by atoms with Gasteiger partial charge >= 0.3 is 6.18 Å². The number of hydrogen-bond acceptors (Lipinski definition) is 3. The van der Waals surface area contributed by atoms with Crippen molar-refractivity contribution in [2.45, 2.75) is 32.4 Å². The maximum Gasteiger partial charge on any atom is 0.416 e. The van der Waals surface area contributed by atoms with Crippen LogP contribution in [-0.4, -0.2) is 12.4 Å². The van der Waals surface area contributed by atoms with Gasteiger partial charge in [0.2, 0.25) is 0 Å². The number of hydrogen-bond donors (Lipinski definition) is 0. The van der Waals surface area contributed by atoms with Crippen LogP contribution in [0.4, 0.5) is 13.2 Å². The van der Waals surface area contributed by atoms with E-state index in [4.69, 9.17) is 10.00 Å². The van der Waals surface area contributed by atoms with E-state index in [0.29, 0.717) is 36.5 Å². The van der Waals surface area contributed by atoms with E-state index in [9.17, 15) is 13.2 Å². The van der Waals surface area contributed by atoms with Crippen LogP contribution in [0.25, 0.3) is 0 Å². The molecule has 110 valence electrons. The predicted molar refractivity (Wildman–Crippen MR) is 73.6 cm³/mol. The molecule has 2 nitrogen and oxygen atoms in total. The van der Waals surface area contributed by atoms with Crippen molar-refractivity contribution in [3.8, 4) is 11.2 Å². The molecule has 0 radical (unpaired) electrons. The van der Waals surface area contributed by atoms with E-state index in [-0.39, 0.29) is 0 Å². The van der Waals surface area contributed by atoms with E-state index in [1.807, 2.05) is 12.3 Å². The first kappa shape index (κ1) is 16.7. The molecule has 1 rings (SSSR count). The van der Waals surface area contributed by atoms with E-state index in [1.165, 1.54) is 6.07 Å². The number of nitriles is 1. The van der Waals surface area contributed by atoms with Crippen molar-refractivity contribution >= 4 is 11.8 Å². The Hall–Kier alpha value is -1.35. The van der Waals surface area contributed by atoms with Gasteiger partial charge in [-0.3, -0.25) is 0 Å². The van der Waals surface area contributed by atoms with Crippen LogP contribution in [0.2, 0.25) is 0 Å². The van der Waals surface area contributed by atoms with E-state index >= 15 is 0 Å². The van der Waals surface area contributed by atoms with Crippen LogP contribution < -0.4 is 4.74 Å². The topological polar surface area (TPSA) is 33.0 Å². The second-order valence-electron chi connectivity index (χ2n) is 4.21. The fraction of sp³-hybridized carbons (Fsp3) is 0.500. The molecule has 0 spiro atoms. The maximum absolute atomic E-state index is 12.7. The zero-order valence-electron chi connectivity index (χ0n) is 11.2. The Morgan fingerprint density at radius 2 is 2.10 bits per heavy atom. The molecule has 0 N–H and O–H groups in total.